The number of carboxylic acids is 1. The maximum atomic E-state index is 12.5. The lowest BCUT2D eigenvalue weighted by atomic mass is 9.98. The molecule has 168 valence electrons. The van der Waals surface area contributed by atoms with Crippen molar-refractivity contribution in [1.82, 2.24) is 10.6 Å². The molecule has 2 aromatic rings. The number of amides is 2. The summed E-state index contributed by atoms with van der Waals surface area (Å²) in [5, 5.41) is 23.3. The fraction of sp³-hybridized carbons (Fsp3) is 0.375. The largest absolute Gasteiger partial charge is 0.479 e. The maximum Gasteiger partial charge on any atom is 0.407 e. The Kier molecular flexibility index (Phi) is 6.41. The van der Waals surface area contributed by atoms with Gasteiger partial charge in [0.15, 0.2) is 6.10 Å². The molecule has 0 spiro atoms. The molecule has 8 nitrogen and oxygen atoms in total. The zero-order chi connectivity index (χ0) is 22.7. The van der Waals surface area contributed by atoms with E-state index in [4.69, 9.17) is 9.84 Å². The van der Waals surface area contributed by atoms with Gasteiger partial charge in [-0.05, 0) is 35.1 Å². The van der Waals surface area contributed by atoms with E-state index in [2.05, 4.69) is 22.8 Å². The van der Waals surface area contributed by atoms with Crippen molar-refractivity contribution in [3.05, 3.63) is 59.7 Å². The van der Waals surface area contributed by atoms with Gasteiger partial charge in [-0.2, -0.15) is 0 Å². The molecule has 2 aliphatic rings. The van der Waals surface area contributed by atoms with Gasteiger partial charge < -0.3 is 25.6 Å². The molecule has 3 atom stereocenters. The Bertz CT molecular complexity index is 978. The molecule has 0 aromatic heterocycles. The highest BCUT2D eigenvalue weighted by Gasteiger charge is 2.35. The van der Waals surface area contributed by atoms with E-state index in [-0.39, 0.29) is 25.0 Å². The van der Waals surface area contributed by atoms with Crippen molar-refractivity contribution >= 4 is 18.0 Å². The predicted octanol–water partition coefficient (Wildman–Crippen LogP) is 2.26. The topological polar surface area (TPSA) is 125 Å². The Hall–Kier alpha value is -3.39. The molecule has 2 amide bonds. The van der Waals surface area contributed by atoms with Gasteiger partial charge in [0.2, 0.25) is 5.91 Å². The number of hydrogen-bond donors (Lipinski definition) is 4. The molecule has 0 heterocycles. The Balaban J connectivity index is 1.34. The summed E-state index contributed by atoms with van der Waals surface area (Å²) in [5.41, 5.74) is 4.54. The first kappa shape index (κ1) is 21.8. The summed E-state index contributed by atoms with van der Waals surface area (Å²) in [6.45, 7) is -0.184. The van der Waals surface area contributed by atoms with Crippen molar-refractivity contribution in [3.63, 3.8) is 0 Å². The number of aliphatic hydroxyl groups excluding tert-OH is 1. The number of nitrogens with one attached hydrogen (secondary N) is 2. The van der Waals surface area contributed by atoms with E-state index in [9.17, 15) is 19.5 Å². The Morgan fingerprint density at radius 3 is 2.25 bits per heavy atom. The number of fused-ring (bicyclic) bond motifs is 3. The van der Waals surface area contributed by atoms with Gasteiger partial charge in [-0.25, -0.2) is 9.59 Å². The van der Waals surface area contributed by atoms with Crippen LogP contribution in [0.25, 0.3) is 11.1 Å². The van der Waals surface area contributed by atoms with Gasteiger partial charge in [-0.3, -0.25) is 4.79 Å². The second-order valence-electron chi connectivity index (χ2n) is 8.21. The van der Waals surface area contributed by atoms with Crippen LogP contribution in [-0.2, 0) is 14.3 Å². The first-order valence-corrected chi connectivity index (χ1v) is 10.8. The summed E-state index contributed by atoms with van der Waals surface area (Å²) < 4.78 is 5.56. The summed E-state index contributed by atoms with van der Waals surface area (Å²) in [7, 11) is 0. The van der Waals surface area contributed by atoms with Crippen LogP contribution in [0.4, 0.5) is 4.79 Å². The van der Waals surface area contributed by atoms with Crippen LogP contribution in [-0.4, -0.2) is 53.5 Å². The highest BCUT2D eigenvalue weighted by Crippen LogP contribution is 2.44. The first-order valence-electron chi connectivity index (χ1n) is 10.8. The third kappa shape index (κ3) is 4.45. The number of carbonyl (C=O) groups is 3. The summed E-state index contributed by atoms with van der Waals surface area (Å²) in [6, 6.07) is 15.8. The van der Waals surface area contributed by atoms with E-state index in [1.807, 2.05) is 36.4 Å². The molecule has 1 fully saturated rings. The van der Waals surface area contributed by atoms with E-state index < -0.39 is 30.1 Å². The first-order chi connectivity index (χ1) is 15.5. The molecule has 1 saturated carbocycles. The van der Waals surface area contributed by atoms with Crippen molar-refractivity contribution in [2.75, 3.05) is 13.2 Å². The van der Waals surface area contributed by atoms with Gasteiger partial charge in [-0.15, -0.1) is 0 Å². The summed E-state index contributed by atoms with van der Waals surface area (Å²) in [6.07, 6.45) is -0.280. The molecule has 2 unspecified atom stereocenters. The summed E-state index contributed by atoms with van der Waals surface area (Å²) in [4.78, 5) is 35.6. The van der Waals surface area contributed by atoms with Crippen LogP contribution < -0.4 is 10.6 Å². The summed E-state index contributed by atoms with van der Waals surface area (Å²) >= 11 is 0. The third-order valence-corrected chi connectivity index (χ3v) is 6.25. The van der Waals surface area contributed by atoms with Gasteiger partial charge in [0.1, 0.15) is 6.61 Å². The number of benzene rings is 2. The van der Waals surface area contributed by atoms with Crippen LogP contribution in [0, 0.1) is 5.92 Å². The average molecular weight is 438 g/mol. The molecular weight excluding hydrogens is 412 g/mol. The van der Waals surface area contributed by atoms with Crippen molar-refractivity contribution in [3.8, 4) is 11.1 Å². The highest BCUT2D eigenvalue weighted by atomic mass is 16.5. The number of rotatable bonds is 7. The van der Waals surface area contributed by atoms with E-state index in [1.54, 1.807) is 0 Å². The number of hydrogen-bond acceptors (Lipinski definition) is 5. The third-order valence-electron chi connectivity index (χ3n) is 6.25. The van der Waals surface area contributed by atoms with E-state index in [0.29, 0.717) is 12.8 Å². The number of carboxylic acid groups (broad SMARTS) is 1. The van der Waals surface area contributed by atoms with Crippen LogP contribution in [0.2, 0.25) is 0 Å². The van der Waals surface area contributed by atoms with Crippen molar-refractivity contribution in [2.45, 2.75) is 37.3 Å². The standard InChI is InChI=1S/C24H26N2O6/c27-21(23(29)30)12-25-22(28)18-10-5-11-20(18)26-24(31)32-13-19-16-8-3-1-6-14(16)15-7-2-4-9-17(15)19/h1-4,6-9,18-21,27H,5,10-13H2,(H,25,28)(H,26,31)(H,29,30)/t18?,20?,21-/m0/s1. The molecule has 0 bridgehead atoms. The normalized spacial score (nSPS) is 20.2. The van der Waals surface area contributed by atoms with Crippen molar-refractivity contribution < 1.29 is 29.3 Å². The minimum Gasteiger partial charge on any atom is -0.479 e. The predicted molar refractivity (Wildman–Crippen MR) is 116 cm³/mol. The van der Waals surface area contributed by atoms with Crippen molar-refractivity contribution in [1.29, 1.82) is 0 Å². The number of aliphatic carboxylic acids is 1. The summed E-state index contributed by atoms with van der Waals surface area (Å²) in [5.74, 6) is -2.32. The lowest BCUT2D eigenvalue weighted by Gasteiger charge is -2.21. The molecule has 8 heteroatoms. The molecule has 4 rings (SSSR count). The van der Waals surface area contributed by atoms with Crippen LogP contribution in [0.3, 0.4) is 0 Å². The van der Waals surface area contributed by atoms with E-state index >= 15 is 0 Å². The van der Waals surface area contributed by atoms with Crippen LogP contribution in [0.5, 0.6) is 0 Å². The Morgan fingerprint density at radius 1 is 1.00 bits per heavy atom. The van der Waals surface area contributed by atoms with Gasteiger partial charge in [0.05, 0.1) is 12.5 Å². The quantitative estimate of drug-likeness (QED) is 0.526. The van der Waals surface area contributed by atoms with Gasteiger partial charge >= 0.3 is 12.1 Å². The Labute approximate surface area is 185 Å². The zero-order valence-electron chi connectivity index (χ0n) is 17.5. The lowest BCUT2D eigenvalue weighted by Crippen LogP contribution is -2.46. The molecular formula is C24H26N2O6. The fourth-order valence-corrected chi connectivity index (χ4v) is 4.65. The minimum absolute atomic E-state index is 0.0478. The van der Waals surface area contributed by atoms with E-state index in [1.165, 1.54) is 0 Å². The molecule has 2 aliphatic carbocycles. The van der Waals surface area contributed by atoms with Crippen LogP contribution in [0.15, 0.2) is 48.5 Å². The molecule has 32 heavy (non-hydrogen) atoms. The molecule has 0 aliphatic heterocycles. The van der Waals surface area contributed by atoms with Crippen molar-refractivity contribution in [2.24, 2.45) is 5.92 Å². The lowest BCUT2D eigenvalue weighted by molar-refractivity contribution is -0.146. The van der Waals surface area contributed by atoms with Gasteiger partial charge in [-0.1, -0.05) is 55.0 Å². The highest BCUT2D eigenvalue weighted by molar-refractivity contribution is 5.82. The number of ether oxygens (including phenoxy) is 1. The molecule has 0 radical (unpaired) electrons. The minimum atomic E-state index is -1.66. The maximum absolute atomic E-state index is 12.5. The van der Waals surface area contributed by atoms with Gasteiger partial charge in [0.25, 0.3) is 0 Å². The average Bonchev–Trinajstić information content (AvgIpc) is 3.38. The second kappa shape index (κ2) is 9.40. The molecule has 2 aromatic carbocycles. The Morgan fingerprint density at radius 2 is 1.62 bits per heavy atom. The monoisotopic (exact) mass is 438 g/mol. The molecule has 4 N–H and O–H groups in total. The number of carbonyl (C=O) groups excluding carboxylic acids is 2. The number of alkyl carbamates (subject to hydrolysis) is 1. The van der Waals surface area contributed by atoms with Gasteiger partial charge in [0, 0.05) is 12.0 Å². The van der Waals surface area contributed by atoms with E-state index in [0.717, 1.165) is 28.7 Å². The fourth-order valence-electron chi connectivity index (χ4n) is 4.65. The van der Waals surface area contributed by atoms with Crippen LogP contribution in [0.1, 0.15) is 36.3 Å². The van der Waals surface area contributed by atoms with Crippen LogP contribution >= 0.6 is 0 Å². The molecule has 0 saturated heterocycles. The second-order valence-corrected chi connectivity index (χ2v) is 8.21. The SMILES string of the molecule is O=C(NC1CCCC1C(=O)NC[C@H](O)C(=O)O)OCC1c2ccccc2-c2ccccc21. The zero-order valence-corrected chi connectivity index (χ0v) is 17.5. The number of aliphatic hydroxyl groups is 1. The smallest absolute Gasteiger partial charge is 0.407 e.